The second-order valence-electron chi connectivity index (χ2n) is 6.01. The molecule has 4 heteroatoms. The first-order valence-corrected chi connectivity index (χ1v) is 8.27. The maximum Gasteiger partial charge on any atom is 0.127 e. The van der Waals surface area contributed by atoms with Crippen LogP contribution in [0.1, 0.15) is 30.9 Å². The summed E-state index contributed by atoms with van der Waals surface area (Å²) >= 11 is 3.60. The third kappa shape index (κ3) is 3.02. The van der Waals surface area contributed by atoms with E-state index in [9.17, 15) is 5.11 Å². The Kier molecular flexibility index (Phi) is 4.34. The highest BCUT2D eigenvalue weighted by Crippen LogP contribution is 2.34. The van der Waals surface area contributed by atoms with Gasteiger partial charge in [-0.15, -0.1) is 0 Å². The fourth-order valence-electron chi connectivity index (χ4n) is 3.30. The second-order valence-corrected chi connectivity index (χ2v) is 6.92. The number of nitrogens with zero attached hydrogens (tertiary/aromatic N) is 1. The summed E-state index contributed by atoms with van der Waals surface area (Å²) in [6.07, 6.45) is 3.03. The SMILES string of the molecule is CC(O)C1CCN(Cc2cc(Br)cc3c2OCC3)CC1. The van der Waals surface area contributed by atoms with E-state index >= 15 is 0 Å². The molecule has 0 radical (unpaired) electrons. The number of likely N-dealkylation sites (tertiary alicyclic amines) is 1. The molecule has 2 aliphatic heterocycles. The zero-order chi connectivity index (χ0) is 14.1. The van der Waals surface area contributed by atoms with Gasteiger partial charge in [0.05, 0.1) is 12.7 Å². The van der Waals surface area contributed by atoms with Crippen molar-refractivity contribution in [2.45, 2.75) is 38.8 Å². The van der Waals surface area contributed by atoms with Crippen molar-refractivity contribution in [3.8, 4) is 5.75 Å². The topological polar surface area (TPSA) is 32.7 Å². The smallest absolute Gasteiger partial charge is 0.127 e. The van der Waals surface area contributed by atoms with Crippen LogP contribution >= 0.6 is 15.9 Å². The highest BCUT2D eigenvalue weighted by molar-refractivity contribution is 9.10. The van der Waals surface area contributed by atoms with Crippen LogP contribution in [0, 0.1) is 5.92 Å². The van der Waals surface area contributed by atoms with Gasteiger partial charge in [0.1, 0.15) is 5.75 Å². The number of aliphatic hydroxyl groups excluding tert-OH is 1. The van der Waals surface area contributed by atoms with Crippen LogP contribution in [-0.2, 0) is 13.0 Å². The summed E-state index contributed by atoms with van der Waals surface area (Å²) in [6, 6.07) is 4.36. The van der Waals surface area contributed by atoms with Gasteiger partial charge in [0, 0.05) is 23.0 Å². The first-order valence-electron chi connectivity index (χ1n) is 7.48. The highest BCUT2D eigenvalue weighted by atomic mass is 79.9. The molecule has 1 unspecified atom stereocenters. The molecule has 1 aromatic carbocycles. The lowest BCUT2D eigenvalue weighted by Crippen LogP contribution is -2.36. The number of piperidine rings is 1. The van der Waals surface area contributed by atoms with E-state index in [1.54, 1.807) is 0 Å². The maximum absolute atomic E-state index is 9.67. The number of aliphatic hydroxyl groups is 1. The summed E-state index contributed by atoms with van der Waals surface area (Å²) in [6.45, 7) is 5.81. The Bertz CT molecular complexity index is 482. The van der Waals surface area contributed by atoms with Crippen molar-refractivity contribution < 1.29 is 9.84 Å². The fourth-order valence-corrected chi connectivity index (χ4v) is 3.85. The summed E-state index contributed by atoms with van der Waals surface area (Å²) in [7, 11) is 0. The van der Waals surface area contributed by atoms with Crippen molar-refractivity contribution >= 4 is 15.9 Å². The van der Waals surface area contributed by atoms with Crippen LogP contribution in [0.3, 0.4) is 0 Å². The van der Waals surface area contributed by atoms with Crippen molar-refractivity contribution in [2.24, 2.45) is 5.92 Å². The number of benzene rings is 1. The van der Waals surface area contributed by atoms with Gasteiger partial charge in [0.25, 0.3) is 0 Å². The number of ether oxygens (including phenoxy) is 1. The van der Waals surface area contributed by atoms with Crippen LogP contribution in [0.15, 0.2) is 16.6 Å². The van der Waals surface area contributed by atoms with E-state index in [1.165, 1.54) is 11.1 Å². The lowest BCUT2D eigenvalue weighted by atomic mass is 9.92. The molecule has 0 aromatic heterocycles. The molecule has 0 saturated carbocycles. The first kappa shape index (κ1) is 14.4. The first-order chi connectivity index (χ1) is 9.63. The minimum absolute atomic E-state index is 0.171. The van der Waals surface area contributed by atoms with Gasteiger partial charge < -0.3 is 9.84 Å². The van der Waals surface area contributed by atoms with Gasteiger partial charge in [-0.25, -0.2) is 0 Å². The molecule has 0 amide bonds. The average molecular weight is 340 g/mol. The zero-order valence-corrected chi connectivity index (χ0v) is 13.5. The zero-order valence-electron chi connectivity index (χ0n) is 11.9. The molecule has 1 fully saturated rings. The Morgan fingerprint density at radius 1 is 1.40 bits per heavy atom. The molecule has 1 aromatic rings. The molecule has 110 valence electrons. The van der Waals surface area contributed by atoms with E-state index < -0.39 is 0 Å². The standard InChI is InChI=1S/C16H22BrNO2/c1-11(19)12-2-5-18(6-3-12)10-14-9-15(17)8-13-4-7-20-16(13)14/h8-9,11-12,19H,2-7,10H2,1H3. The Labute approximate surface area is 129 Å². The molecule has 2 heterocycles. The Morgan fingerprint density at radius 3 is 2.85 bits per heavy atom. The van der Waals surface area contributed by atoms with Crippen LogP contribution in [0.5, 0.6) is 5.75 Å². The van der Waals surface area contributed by atoms with E-state index in [2.05, 4.69) is 33.0 Å². The summed E-state index contributed by atoms with van der Waals surface area (Å²) in [5, 5.41) is 9.67. The molecule has 1 saturated heterocycles. The summed E-state index contributed by atoms with van der Waals surface area (Å²) in [4.78, 5) is 2.47. The van der Waals surface area contributed by atoms with E-state index in [1.807, 2.05) is 6.92 Å². The van der Waals surface area contributed by atoms with Crippen LogP contribution in [0.4, 0.5) is 0 Å². The van der Waals surface area contributed by atoms with Crippen LogP contribution < -0.4 is 4.74 Å². The molecular weight excluding hydrogens is 318 g/mol. The predicted molar refractivity (Wildman–Crippen MR) is 83.0 cm³/mol. The van der Waals surface area contributed by atoms with Gasteiger partial charge >= 0.3 is 0 Å². The third-order valence-corrected chi connectivity index (χ3v) is 4.99. The molecule has 0 spiro atoms. The van der Waals surface area contributed by atoms with Gasteiger partial charge in [0.2, 0.25) is 0 Å². The number of rotatable bonds is 3. The van der Waals surface area contributed by atoms with E-state index in [0.717, 1.165) is 55.7 Å². The quantitative estimate of drug-likeness (QED) is 0.918. The predicted octanol–water partition coefficient (Wildman–Crippen LogP) is 2.98. The largest absolute Gasteiger partial charge is 0.493 e. The number of fused-ring (bicyclic) bond motifs is 1. The van der Waals surface area contributed by atoms with E-state index in [-0.39, 0.29) is 6.10 Å². The van der Waals surface area contributed by atoms with Crippen molar-refractivity contribution in [1.29, 1.82) is 0 Å². The molecule has 1 atom stereocenters. The lowest BCUT2D eigenvalue weighted by Gasteiger charge is -2.33. The molecule has 1 N–H and O–H groups in total. The van der Waals surface area contributed by atoms with Gasteiger partial charge in [0.15, 0.2) is 0 Å². The number of hydrogen-bond donors (Lipinski definition) is 1. The van der Waals surface area contributed by atoms with Crippen molar-refractivity contribution in [3.05, 3.63) is 27.7 Å². The summed E-state index contributed by atoms with van der Waals surface area (Å²) < 4.78 is 6.95. The molecule has 2 aliphatic rings. The number of hydrogen-bond acceptors (Lipinski definition) is 3. The Balaban J connectivity index is 1.67. The molecule has 20 heavy (non-hydrogen) atoms. The molecule has 3 nitrogen and oxygen atoms in total. The number of halogens is 1. The minimum Gasteiger partial charge on any atom is -0.493 e. The third-order valence-electron chi connectivity index (χ3n) is 4.53. The maximum atomic E-state index is 9.67. The molecule has 0 bridgehead atoms. The van der Waals surface area contributed by atoms with Gasteiger partial charge in [-0.2, -0.15) is 0 Å². The van der Waals surface area contributed by atoms with Crippen LogP contribution in [0.2, 0.25) is 0 Å². The summed E-state index contributed by atoms with van der Waals surface area (Å²) in [5.74, 6) is 1.57. The van der Waals surface area contributed by atoms with Crippen molar-refractivity contribution in [2.75, 3.05) is 19.7 Å². The van der Waals surface area contributed by atoms with Gasteiger partial charge in [-0.05, 0) is 56.5 Å². The molecule has 3 rings (SSSR count). The average Bonchev–Trinajstić information content (AvgIpc) is 2.87. The minimum atomic E-state index is -0.171. The molecule has 0 aliphatic carbocycles. The van der Waals surface area contributed by atoms with Crippen LogP contribution in [-0.4, -0.2) is 35.8 Å². The fraction of sp³-hybridized carbons (Fsp3) is 0.625. The van der Waals surface area contributed by atoms with Gasteiger partial charge in [-0.1, -0.05) is 15.9 Å². The monoisotopic (exact) mass is 339 g/mol. The Morgan fingerprint density at radius 2 is 2.15 bits per heavy atom. The van der Waals surface area contributed by atoms with Crippen LogP contribution in [0.25, 0.3) is 0 Å². The lowest BCUT2D eigenvalue weighted by molar-refractivity contribution is 0.0692. The van der Waals surface area contributed by atoms with Crippen molar-refractivity contribution in [3.63, 3.8) is 0 Å². The van der Waals surface area contributed by atoms with Crippen molar-refractivity contribution in [1.82, 2.24) is 4.90 Å². The van der Waals surface area contributed by atoms with E-state index in [4.69, 9.17) is 4.74 Å². The molecular formula is C16H22BrNO2. The van der Waals surface area contributed by atoms with E-state index in [0.29, 0.717) is 5.92 Å². The Hall–Kier alpha value is -0.580. The normalized spacial score (nSPS) is 21.6. The second kappa shape index (κ2) is 6.04. The summed E-state index contributed by atoms with van der Waals surface area (Å²) in [5.41, 5.74) is 2.62. The highest BCUT2D eigenvalue weighted by Gasteiger charge is 2.24. The van der Waals surface area contributed by atoms with Gasteiger partial charge in [-0.3, -0.25) is 4.90 Å².